The van der Waals surface area contributed by atoms with E-state index in [-0.39, 0.29) is 42.1 Å². The van der Waals surface area contributed by atoms with Crippen LogP contribution in [0.2, 0.25) is 0 Å². The molecule has 0 aromatic carbocycles. The van der Waals surface area contributed by atoms with Gasteiger partial charge in [0.1, 0.15) is 0 Å². The fraction of sp³-hybridized carbons (Fsp3) is 0. The van der Waals surface area contributed by atoms with Gasteiger partial charge in [0.25, 0.3) is 0 Å². The summed E-state index contributed by atoms with van der Waals surface area (Å²) in [6, 6.07) is 0. The van der Waals surface area contributed by atoms with Gasteiger partial charge < -0.3 is 0 Å². The monoisotopic (exact) mass is 498 g/mol. The average molecular weight is 496 g/mol. The molecule has 0 saturated carbocycles. The Bertz CT molecular complexity index is 137. The van der Waals surface area contributed by atoms with Crippen LogP contribution in [0.1, 0.15) is 0 Å². The zero-order valence-electron chi connectivity index (χ0n) is 9.01. The Balaban J connectivity index is -0.00000000500. The van der Waals surface area contributed by atoms with Gasteiger partial charge in [0.2, 0.25) is 0 Å². The van der Waals surface area contributed by atoms with E-state index in [1.165, 1.54) is 0 Å². The molecule has 0 radical (unpaired) electrons. The molecule has 0 atom stereocenters. The van der Waals surface area contributed by atoms with Gasteiger partial charge in [0, 0.05) is 94.7 Å². The second-order valence-electron chi connectivity index (χ2n) is 0. The maximum absolute atomic E-state index is 6.50. The van der Waals surface area contributed by atoms with Gasteiger partial charge in [-0.15, -0.1) is 0 Å². The number of hydrogen-bond acceptors (Lipinski definition) is 8. The Morgan fingerprint density at radius 3 is 0.278 bits per heavy atom. The largest absolute Gasteiger partial charge is 0.202 e. The maximum atomic E-state index is 6.50. The minimum absolute atomic E-state index is 0. The summed E-state index contributed by atoms with van der Waals surface area (Å²) in [5.41, 5.74) is 0. The van der Waals surface area contributed by atoms with Crippen molar-refractivity contribution in [2.45, 2.75) is 0 Å². The molecule has 0 unspecified atom stereocenters. The number of nitrogens with zero attached hydrogens (tertiary/aromatic N) is 8. The van der Waals surface area contributed by atoms with Gasteiger partial charge in [-0.3, -0.25) is 0 Å². The molecule has 0 aromatic rings. The van der Waals surface area contributed by atoms with Gasteiger partial charge in [-0.2, -0.15) is 0 Å². The summed E-state index contributed by atoms with van der Waals surface area (Å²) in [6.45, 7) is 28.0. The van der Waals surface area contributed by atoms with Crippen molar-refractivity contribution in [2.24, 2.45) is 0 Å². The SMILES string of the molecule is C#N.C#N.C#N.C#N.C#N.C#N.C#N.C#N.[Mo].[W]. The molecule has 0 heterocycles. The van der Waals surface area contributed by atoms with E-state index in [2.05, 4.69) is 52.6 Å². The van der Waals surface area contributed by atoms with E-state index in [0.29, 0.717) is 0 Å². The van der Waals surface area contributed by atoms with Crippen LogP contribution in [0.25, 0.3) is 0 Å². The van der Waals surface area contributed by atoms with Crippen LogP contribution < -0.4 is 0 Å². The molecule has 0 rings (SSSR count). The maximum Gasteiger partial charge on any atom is 0.0462 e. The van der Waals surface area contributed by atoms with Gasteiger partial charge in [-0.1, -0.05) is 0 Å². The first-order valence-corrected chi connectivity index (χ1v) is 2.07. The van der Waals surface area contributed by atoms with Crippen LogP contribution in [0, 0.1) is 94.7 Å². The third-order valence-corrected chi connectivity index (χ3v) is 0. The molecular weight excluding hydrogens is 488 g/mol. The van der Waals surface area contributed by atoms with Crippen molar-refractivity contribution in [3.63, 3.8) is 0 Å². The van der Waals surface area contributed by atoms with Gasteiger partial charge in [-0.05, 0) is 0 Å². The van der Waals surface area contributed by atoms with E-state index in [0.717, 1.165) is 0 Å². The molecule has 8 nitrogen and oxygen atoms in total. The van der Waals surface area contributed by atoms with Crippen molar-refractivity contribution >= 4 is 0 Å². The van der Waals surface area contributed by atoms with Crippen molar-refractivity contribution in [3.05, 3.63) is 0 Å². The first-order valence-electron chi connectivity index (χ1n) is 2.07. The van der Waals surface area contributed by atoms with Crippen LogP contribution in [0.4, 0.5) is 0 Å². The second-order valence-corrected chi connectivity index (χ2v) is 0. The predicted molar refractivity (Wildman–Crippen MR) is 53.4 cm³/mol. The van der Waals surface area contributed by atoms with Crippen LogP contribution >= 0.6 is 0 Å². The van der Waals surface area contributed by atoms with Crippen LogP contribution in [-0.4, -0.2) is 0 Å². The number of rotatable bonds is 0. The standard InChI is InChI=1S/8CHN.Mo.W/c8*1-2;;/h8*1H;;. The zero-order valence-corrected chi connectivity index (χ0v) is 14.0. The summed E-state index contributed by atoms with van der Waals surface area (Å²) in [5.74, 6) is 0. The minimum atomic E-state index is 0. The summed E-state index contributed by atoms with van der Waals surface area (Å²) in [4.78, 5) is 0. The smallest absolute Gasteiger partial charge is 0.0462 e. The Morgan fingerprint density at radius 1 is 0.278 bits per heavy atom. The fourth-order valence-corrected chi connectivity index (χ4v) is 0. The van der Waals surface area contributed by atoms with Crippen molar-refractivity contribution < 1.29 is 42.1 Å². The van der Waals surface area contributed by atoms with Crippen molar-refractivity contribution in [2.75, 3.05) is 0 Å². The molecular formula is C8H8MoN8W. The third-order valence-electron chi connectivity index (χ3n) is 0. The molecule has 18 heavy (non-hydrogen) atoms. The second kappa shape index (κ2) is 346. The normalized spacial score (nSPS) is 0.889. The molecule has 0 bridgehead atoms. The van der Waals surface area contributed by atoms with Crippen LogP contribution in [0.5, 0.6) is 0 Å². The molecule has 0 aromatic heterocycles. The Morgan fingerprint density at radius 2 is 0.278 bits per heavy atom. The topological polar surface area (TPSA) is 190 Å². The molecule has 0 amide bonds. The van der Waals surface area contributed by atoms with Gasteiger partial charge >= 0.3 is 0 Å². The van der Waals surface area contributed by atoms with E-state index in [1.54, 1.807) is 0 Å². The summed E-state index contributed by atoms with van der Waals surface area (Å²) in [6.07, 6.45) is 0. The van der Waals surface area contributed by atoms with E-state index in [9.17, 15) is 0 Å². The zero-order chi connectivity index (χ0) is 16.0. The van der Waals surface area contributed by atoms with E-state index < -0.39 is 0 Å². The van der Waals surface area contributed by atoms with Gasteiger partial charge in [0.15, 0.2) is 0 Å². The molecule has 92 valence electrons. The van der Waals surface area contributed by atoms with E-state index >= 15 is 0 Å². The average Bonchev–Trinajstić information content (AvgIpc) is 2.54. The fourth-order valence-electron chi connectivity index (χ4n) is 0. The third kappa shape index (κ3) is 275. The summed E-state index contributed by atoms with van der Waals surface area (Å²) in [5, 5.41) is 52.0. The van der Waals surface area contributed by atoms with Gasteiger partial charge in [0.05, 0.1) is 0 Å². The quantitative estimate of drug-likeness (QED) is 0.446. The van der Waals surface area contributed by atoms with E-state index in [1.807, 2.05) is 0 Å². The molecule has 10 heteroatoms. The summed E-state index contributed by atoms with van der Waals surface area (Å²) < 4.78 is 0. The van der Waals surface area contributed by atoms with Gasteiger partial charge in [-0.25, -0.2) is 42.1 Å². The minimum Gasteiger partial charge on any atom is -0.202 e. The Hall–Kier alpha value is -2.70. The first-order chi connectivity index (χ1) is 8.00. The molecule has 0 spiro atoms. The van der Waals surface area contributed by atoms with Crippen molar-refractivity contribution in [3.8, 4) is 52.6 Å². The van der Waals surface area contributed by atoms with Crippen molar-refractivity contribution in [1.82, 2.24) is 0 Å². The van der Waals surface area contributed by atoms with Crippen LogP contribution in [-0.2, 0) is 42.1 Å². The molecule has 0 aliphatic rings. The number of nitriles is 8. The molecule has 0 aliphatic heterocycles. The molecule has 0 saturated heterocycles. The summed E-state index contributed by atoms with van der Waals surface area (Å²) >= 11 is 0. The molecule has 0 N–H and O–H groups in total. The molecule has 0 fully saturated rings. The Labute approximate surface area is 136 Å². The van der Waals surface area contributed by atoms with E-state index in [4.69, 9.17) is 42.1 Å². The van der Waals surface area contributed by atoms with Crippen molar-refractivity contribution in [1.29, 1.82) is 42.1 Å². The Kier molecular flexibility index (Phi) is 2140. The number of hydrogen-bond donors (Lipinski definition) is 0. The first kappa shape index (κ1) is 111. The van der Waals surface area contributed by atoms with Crippen LogP contribution in [0.15, 0.2) is 0 Å². The van der Waals surface area contributed by atoms with Crippen LogP contribution in [0.3, 0.4) is 0 Å². The molecule has 0 aliphatic carbocycles. The predicted octanol–water partition coefficient (Wildman–Crippen LogP) is 1.11. The summed E-state index contributed by atoms with van der Waals surface area (Å²) in [7, 11) is 0.